The molecule has 0 spiro atoms. The van der Waals surface area contributed by atoms with Crippen molar-refractivity contribution >= 4 is 71.1 Å². The van der Waals surface area contributed by atoms with Crippen LogP contribution < -0.4 is 17.0 Å². The molecule has 9 atom stereocenters. The van der Waals surface area contributed by atoms with E-state index in [9.17, 15) is 19.7 Å². The van der Waals surface area contributed by atoms with Gasteiger partial charge in [0.25, 0.3) is 5.56 Å². The number of nitrogen functional groups attached to an aromatic ring is 2. The summed E-state index contributed by atoms with van der Waals surface area (Å²) < 4.78 is 38.4. The van der Waals surface area contributed by atoms with Crippen LogP contribution in [0, 0.1) is 0 Å². The number of anilines is 2. The van der Waals surface area contributed by atoms with Crippen molar-refractivity contribution < 1.29 is 42.5 Å². The van der Waals surface area contributed by atoms with E-state index >= 15 is 0 Å². The third kappa shape index (κ3) is 5.53. The molecule has 0 aliphatic carbocycles. The van der Waals surface area contributed by atoms with Gasteiger partial charge in [0, 0.05) is 6.42 Å². The molecule has 0 saturated carbocycles. The van der Waals surface area contributed by atoms with Gasteiger partial charge in [0.1, 0.15) is 35.8 Å². The molecule has 0 amide bonds. The molecule has 2 bridgehead atoms. The minimum atomic E-state index is -4.11. The van der Waals surface area contributed by atoms with Crippen molar-refractivity contribution in [1.29, 1.82) is 0 Å². The maximum atomic E-state index is 12.3. The van der Waals surface area contributed by atoms with Gasteiger partial charge >= 0.3 is 13.4 Å². The molecule has 248 valence electrons. The number of ether oxygens (including phenoxy) is 2. The number of H-pyrrole nitrogens is 1. The van der Waals surface area contributed by atoms with Crippen molar-refractivity contribution in [3.63, 3.8) is 0 Å². The minimum absolute atomic E-state index is 0.0171. The molecule has 0 aromatic carbocycles. The standard InChI is InChI=1S/C21H27N11O10P2S2/c1-2-21-5-38-44(36,46)41-9-3-8(39-18(9)32-16-11(29-30-32)17(34)28-20(23)27-16)4-37-43(35,45)42-13(21)12(33)19(40-21)31-7-26-10-14(22)24-6-25-15(10)31/h6-9,12-13,18-19,33H,2-5H2,1H3,(H,35,45)(H,36,46)(H2,22,24,25)(H3,23,27,28,34)/t8?,9-,12-,13+,18?,19?,21-,43?,44?/m1/s1. The zero-order valence-corrected chi connectivity index (χ0v) is 27.0. The molecule has 0 radical (unpaired) electrons. The molecular formula is C21H27N11O10P2S2. The van der Waals surface area contributed by atoms with E-state index in [0.29, 0.717) is 0 Å². The van der Waals surface area contributed by atoms with Crippen LogP contribution in [-0.4, -0.2) is 103 Å². The molecule has 3 aliphatic rings. The van der Waals surface area contributed by atoms with Crippen LogP contribution in [0.25, 0.3) is 22.3 Å². The van der Waals surface area contributed by atoms with Crippen molar-refractivity contribution in [1.82, 2.24) is 44.5 Å². The van der Waals surface area contributed by atoms with Gasteiger partial charge in [0.05, 0.1) is 25.6 Å². The van der Waals surface area contributed by atoms with Crippen LogP contribution in [0.3, 0.4) is 0 Å². The van der Waals surface area contributed by atoms with Crippen molar-refractivity contribution in [2.75, 3.05) is 24.7 Å². The van der Waals surface area contributed by atoms with Gasteiger partial charge in [0.2, 0.25) is 5.95 Å². The fraction of sp³-hybridized carbons (Fsp3) is 0.571. The molecular weight excluding hydrogens is 692 g/mol. The molecule has 8 N–H and O–H groups in total. The Balaban J connectivity index is 1.23. The zero-order chi connectivity index (χ0) is 32.6. The monoisotopic (exact) mass is 719 g/mol. The van der Waals surface area contributed by atoms with Gasteiger partial charge in [-0.3, -0.25) is 18.9 Å². The van der Waals surface area contributed by atoms with E-state index in [0.717, 1.165) is 4.68 Å². The Morgan fingerprint density at radius 1 is 1.11 bits per heavy atom. The smallest absolute Gasteiger partial charge is 0.325 e. The average molecular weight is 720 g/mol. The second kappa shape index (κ2) is 11.5. The van der Waals surface area contributed by atoms with Crippen molar-refractivity contribution in [2.24, 2.45) is 0 Å². The summed E-state index contributed by atoms with van der Waals surface area (Å²) in [7, 11) is 0. The third-order valence-corrected chi connectivity index (χ3v) is 11.0. The molecule has 4 aromatic heterocycles. The lowest BCUT2D eigenvalue weighted by Gasteiger charge is -2.35. The Morgan fingerprint density at radius 3 is 2.67 bits per heavy atom. The van der Waals surface area contributed by atoms with Gasteiger partial charge in [-0.15, -0.1) is 5.10 Å². The summed E-state index contributed by atoms with van der Waals surface area (Å²) >= 11 is 10.7. The van der Waals surface area contributed by atoms with Crippen LogP contribution >= 0.6 is 13.4 Å². The van der Waals surface area contributed by atoms with Gasteiger partial charge in [0.15, 0.2) is 35.1 Å². The van der Waals surface area contributed by atoms with Gasteiger partial charge < -0.3 is 49.4 Å². The fourth-order valence-corrected chi connectivity index (χ4v) is 8.63. The summed E-state index contributed by atoms with van der Waals surface area (Å²) in [6, 6.07) is 0. The highest BCUT2D eigenvalue weighted by atomic mass is 32.5. The molecule has 7 rings (SSSR count). The Morgan fingerprint density at radius 2 is 1.89 bits per heavy atom. The first-order valence-electron chi connectivity index (χ1n) is 13.7. The molecule has 3 fully saturated rings. The van der Waals surface area contributed by atoms with E-state index in [4.69, 9.17) is 62.6 Å². The lowest BCUT2D eigenvalue weighted by atomic mass is 9.93. The van der Waals surface area contributed by atoms with Crippen LogP contribution in [0.15, 0.2) is 17.4 Å². The van der Waals surface area contributed by atoms with Crippen LogP contribution in [0.4, 0.5) is 11.8 Å². The molecule has 21 nitrogen and oxygen atoms in total. The normalized spacial score (nSPS) is 37.1. The number of nitrogens with one attached hydrogen (secondary N) is 1. The van der Waals surface area contributed by atoms with Crippen LogP contribution in [0.2, 0.25) is 0 Å². The lowest BCUT2D eigenvalue weighted by molar-refractivity contribution is -0.126. The number of aliphatic hydroxyl groups excluding tert-OH is 1. The molecule has 4 aromatic rings. The number of imidazole rings is 1. The lowest BCUT2D eigenvalue weighted by Crippen LogP contribution is -2.47. The van der Waals surface area contributed by atoms with Gasteiger partial charge in [-0.25, -0.2) is 15.0 Å². The topological polar surface area (TPSA) is 288 Å². The number of rotatable bonds is 3. The molecule has 7 heterocycles. The summed E-state index contributed by atoms with van der Waals surface area (Å²) in [4.78, 5) is 53.6. The zero-order valence-electron chi connectivity index (χ0n) is 23.6. The van der Waals surface area contributed by atoms with Crippen molar-refractivity contribution in [3.8, 4) is 0 Å². The molecule has 5 unspecified atom stereocenters. The number of hydrogen-bond acceptors (Lipinski definition) is 18. The first kappa shape index (κ1) is 31.9. The highest BCUT2D eigenvalue weighted by Gasteiger charge is 2.58. The number of aromatic amines is 1. The number of fused-ring (bicyclic) bond motifs is 5. The van der Waals surface area contributed by atoms with E-state index in [-0.39, 0.29) is 53.5 Å². The summed E-state index contributed by atoms with van der Waals surface area (Å²) in [5.41, 5.74) is 9.87. The van der Waals surface area contributed by atoms with E-state index in [1.54, 1.807) is 6.92 Å². The quantitative estimate of drug-likeness (QED) is 0.140. The largest absolute Gasteiger partial charge is 0.386 e. The summed E-state index contributed by atoms with van der Waals surface area (Å²) in [5.74, 6) is -0.0793. The summed E-state index contributed by atoms with van der Waals surface area (Å²) in [6.07, 6.45) is -4.28. The fourth-order valence-electron chi connectivity index (χ4n) is 5.68. The highest BCUT2D eigenvalue weighted by molar-refractivity contribution is 8.07. The molecule has 3 aliphatic heterocycles. The van der Waals surface area contributed by atoms with E-state index in [2.05, 4.69) is 35.2 Å². The van der Waals surface area contributed by atoms with Gasteiger partial charge in [-0.05, 0) is 30.0 Å². The summed E-state index contributed by atoms with van der Waals surface area (Å²) in [5, 5.41) is 19.4. The Hall–Kier alpha value is -2.63. The maximum absolute atomic E-state index is 12.3. The van der Waals surface area contributed by atoms with Crippen LogP contribution in [0.1, 0.15) is 32.2 Å². The van der Waals surface area contributed by atoms with Crippen molar-refractivity contribution in [2.45, 2.75) is 62.2 Å². The SMILES string of the molecule is CC[C@@]12COP(O)(=S)O[C@@H]3CC(COP(O)(=S)O[C@H]1[C@@H](O)C(n1cnc4c(N)ncnc41)O2)OC3n1nnc2c(=O)[nH]c(N)nc21. The minimum Gasteiger partial charge on any atom is -0.386 e. The predicted molar refractivity (Wildman–Crippen MR) is 162 cm³/mol. The number of aliphatic hydroxyl groups is 1. The Labute approximate surface area is 267 Å². The van der Waals surface area contributed by atoms with E-state index in [1.165, 1.54) is 17.2 Å². The maximum Gasteiger partial charge on any atom is 0.325 e. The number of hydrogen-bond donors (Lipinski definition) is 6. The van der Waals surface area contributed by atoms with Gasteiger partial charge in [-0.2, -0.15) is 9.67 Å². The second-order valence-electron chi connectivity index (χ2n) is 10.7. The number of aromatic nitrogens is 9. The van der Waals surface area contributed by atoms with Gasteiger partial charge in [-0.1, -0.05) is 12.1 Å². The average Bonchev–Trinajstić information content (AvgIpc) is 3.76. The third-order valence-electron chi connectivity index (χ3n) is 7.89. The second-order valence-corrected chi connectivity index (χ2v) is 16.3. The van der Waals surface area contributed by atoms with Crippen LogP contribution in [0.5, 0.6) is 0 Å². The number of nitrogens with two attached hydrogens (primary N) is 2. The Bertz CT molecular complexity index is 1980. The molecule has 25 heteroatoms. The van der Waals surface area contributed by atoms with E-state index < -0.39 is 68.1 Å². The predicted octanol–water partition coefficient (Wildman–Crippen LogP) is -0.904. The van der Waals surface area contributed by atoms with Crippen molar-refractivity contribution in [3.05, 3.63) is 23.0 Å². The molecule has 46 heavy (non-hydrogen) atoms. The summed E-state index contributed by atoms with van der Waals surface area (Å²) in [6.45, 7) is -7.30. The molecule has 3 saturated heterocycles. The first-order valence-corrected chi connectivity index (χ1v) is 18.8. The van der Waals surface area contributed by atoms with Crippen LogP contribution in [-0.2, 0) is 51.2 Å². The number of nitrogens with zero attached hydrogens (tertiary/aromatic N) is 8. The van der Waals surface area contributed by atoms with E-state index in [1.807, 2.05) is 0 Å². The highest BCUT2D eigenvalue weighted by Crippen LogP contribution is 2.56. The first-order chi connectivity index (χ1) is 21.8. The Kier molecular flexibility index (Phi) is 7.99.